The molecule has 0 N–H and O–H groups in total. The standard InChI is InChI=1S/ClOPS2/c1-5-3(2)4. The molecule has 1 atom stereocenters. The van der Waals surface area contributed by atoms with Crippen LogP contribution in [0.15, 0.2) is 0 Å². The second kappa shape index (κ2) is 3.29. The van der Waals surface area contributed by atoms with E-state index >= 15 is 0 Å². The van der Waals surface area contributed by atoms with Crippen LogP contribution in [0.4, 0.5) is 0 Å². The predicted octanol–water partition coefficient (Wildman–Crippen LogP) is 2.08. The Morgan fingerprint density at radius 1 is 2.00 bits per heavy atom. The third kappa shape index (κ3) is 5.09. The predicted molar refractivity (Wildman–Crippen MR) is 28.4 cm³/mol. The molecule has 0 spiro atoms. The normalized spacial score (nSPS) is 11.2. The maximum Gasteiger partial charge on any atom is 0.294 e. The molecule has 0 aliphatic carbocycles. The van der Waals surface area contributed by atoms with Crippen molar-refractivity contribution < 1.29 is 4.57 Å². The van der Waals surface area contributed by atoms with Gasteiger partial charge in [-0.05, 0) is 0 Å². The van der Waals surface area contributed by atoms with Gasteiger partial charge >= 0.3 is 0 Å². The van der Waals surface area contributed by atoms with Crippen LogP contribution < -0.4 is 0 Å². The zero-order valence-electron chi connectivity index (χ0n) is 2.05. The van der Waals surface area contributed by atoms with Gasteiger partial charge in [0, 0.05) is 10.7 Å². The molecule has 0 rings (SSSR count). The topological polar surface area (TPSA) is 17.1 Å². The van der Waals surface area contributed by atoms with Gasteiger partial charge in [-0.2, -0.15) is 0 Å². The molecule has 0 aromatic heterocycles. The SMILES string of the molecule is O=[P+]([S-])SCl. The lowest BCUT2D eigenvalue weighted by atomic mass is 16.0. The summed E-state index contributed by atoms with van der Waals surface area (Å²) in [6.07, 6.45) is -1.58. The molecule has 0 aliphatic rings. The summed E-state index contributed by atoms with van der Waals surface area (Å²) < 4.78 is 9.61. The van der Waals surface area contributed by atoms with E-state index in [9.17, 15) is 4.57 Å². The molecule has 5 heavy (non-hydrogen) atoms. The number of rotatable bonds is 1. The van der Waals surface area contributed by atoms with Gasteiger partial charge < -0.3 is 12.2 Å². The third-order valence-electron chi connectivity index (χ3n) is 0.0563. The first-order chi connectivity index (χ1) is 2.27. The first kappa shape index (κ1) is 6.09. The van der Waals surface area contributed by atoms with E-state index in [0.717, 1.165) is 0 Å². The average molecular weight is 147 g/mol. The highest BCUT2D eigenvalue weighted by Crippen LogP contribution is 2.37. The molecule has 0 aromatic rings. The summed E-state index contributed by atoms with van der Waals surface area (Å²) in [6.45, 7) is 0. The van der Waals surface area contributed by atoms with Gasteiger partial charge in [0.2, 0.25) is 10.6 Å². The Morgan fingerprint density at radius 2 is 2.20 bits per heavy atom. The van der Waals surface area contributed by atoms with Crippen molar-refractivity contribution in [3.8, 4) is 0 Å². The lowest BCUT2D eigenvalue weighted by Crippen LogP contribution is -1.20. The molecule has 0 bridgehead atoms. The zero-order chi connectivity index (χ0) is 4.28. The molecule has 1 nitrogen and oxygen atoms in total. The number of hydrogen-bond donors (Lipinski definition) is 0. The molecule has 0 saturated carbocycles. The van der Waals surface area contributed by atoms with E-state index in [0.29, 0.717) is 10.6 Å². The van der Waals surface area contributed by atoms with Crippen LogP contribution in [-0.4, -0.2) is 0 Å². The van der Waals surface area contributed by atoms with Crippen LogP contribution in [0, 0.1) is 0 Å². The molecule has 0 radical (unpaired) electrons. The van der Waals surface area contributed by atoms with Crippen LogP contribution in [0.3, 0.4) is 0 Å². The summed E-state index contributed by atoms with van der Waals surface area (Å²) in [5.74, 6) is 0. The first-order valence-electron chi connectivity index (χ1n) is 0.702. The van der Waals surface area contributed by atoms with E-state index in [1.807, 2.05) is 0 Å². The Morgan fingerprint density at radius 3 is 2.20 bits per heavy atom. The summed E-state index contributed by atoms with van der Waals surface area (Å²) in [5, 5.41) is 0. The van der Waals surface area contributed by atoms with Crippen LogP contribution in [0.1, 0.15) is 0 Å². The van der Waals surface area contributed by atoms with E-state index in [2.05, 4.69) is 12.2 Å². The van der Waals surface area contributed by atoms with E-state index in [1.165, 1.54) is 0 Å². The second-order valence-electron chi connectivity index (χ2n) is 0.293. The van der Waals surface area contributed by atoms with Gasteiger partial charge in [0.05, 0.1) is 0 Å². The fraction of sp³-hybridized carbons (Fsp3) is 0. The molecule has 0 aliphatic heterocycles. The van der Waals surface area contributed by atoms with Crippen molar-refractivity contribution in [3.63, 3.8) is 0 Å². The Kier molecular flexibility index (Phi) is 4.00. The Hall–Kier alpha value is 1.09. The zero-order valence-corrected chi connectivity index (χ0v) is 5.33. The van der Waals surface area contributed by atoms with Crippen molar-refractivity contribution in [2.45, 2.75) is 0 Å². The highest BCUT2D eigenvalue weighted by atomic mass is 35.7. The highest BCUT2D eigenvalue weighted by molar-refractivity contribution is 8.81. The third-order valence-corrected chi connectivity index (χ3v) is 3.04. The summed E-state index contributed by atoms with van der Waals surface area (Å²) in [5.41, 5.74) is 0. The van der Waals surface area contributed by atoms with Gasteiger partial charge in [-0.25, -0.2) is 0 Å². The number of halogens is 1. The fourth-order valence-electron chi connectivity index (χ4n) is 0. The van der Waals surface area contributed by atoms with Gasteiger partial charge in [0.25, 0.3) is 6.20 Å². The smallest absolute Gasteiger partial charge is 0.294 e. The quantitative estimate of drug-likeness (QED) is 0.417. The minimum atomic E-state index is -1.58. The van der Waals surface area contributed by atoms with E-state index in [-0.39, 0.29) is 0 Å². The first-order valence-corrected chi connectivity index (χ1v) is 5.22. The number of hydrogen-bond acceptors (Lipinski definition) is 3. The maximum atomic E-state index is 9.61. The molecule has 0 amide bonds. The molecule has 0 saturated heterocycles. The van der Waals surface area contributed by atoms with Crippen molar-refractivity contribution in [1.82, 2.24) is 0 Å². The largest absolute Gasteiger partial charge is 0.431 e. The summed E-state index contributed by atoms with van der Waals surface area (Å²) >= 11 is 4.12. The van der Waals surface area contributed by atoms with Crippen LogP contribution in [0.25, 0.3) is 0 Å². The second-order valence-corrected chi connectivity index (χ2v) is 5.22. The van der Waals surface area contributed by atoms with Crippen molar-refractivity contribution >= 4 is 39.7 Å². The van der Waals surface area contributed by atoms with Gasteiger partial charge in [-0.3, -0.25) is 0 Å². The molecule has 1 unspecified atom stereocenters. The van der Waals surface area contributed by atoms with Crippen LogP contribution in [0.2, 0.25) is 0 Å². The summed E-state index contributed by atoms with van der Waals surface area (Å²) in [6, 6.07) is 0. The summed E-state index contributed by atoms with van der Waals surface area (Å²) in [7, 11) is 5.54. The van der Waals surface area contributed by atoms with Gasteiger partial charge in [-0.1, -0.05) is 4.57 Å². The molecule has 0 fully saturated rings. The maximum absolute atomic E-state index is 9.61. The minimum absolute atomic E-state index is 0.676. The molecular formula is ClOPS2. The Balaban J connectivity index is 2.85. The lowest BCUT2D eigenvalue weighted by molar-refractivity contribution is 0.604. The van der Waals surface area contributed by atoms with Crippen molar-refractivity contribution in [2.24, 2.45) is 0 Å². The molecule has 0 heterocycles. The highest BCUT2D eigenvalue weighted by Gasteiger charge is 1.87. The lowest BCUT2D eigenvalue weighted by Gasteiger charge is -1.65. The fourth-order valence-corrected chi connectivity index (χ4v) is 0. The van der Waals surface area contributed by atoms with E-state index in [4.69, 9.17) is 10.7 Å². The van der Waals surface area contributed by atoms with Crippen LogP contribution in [-0.2, 0) is 16.8 Å². The van der Waals surface area contributed by atoms with Crippen LogP contribution in [0.5, 0.6) is 0 Å². The van der Waals surface area contributed by atoms with E-state index in [1.54, 1.807) is 0 Å². The van der Waals surface area contributed by atoms with Crippen molar-refractivity contribution in [2.75, 3.05) is 0 Å². The van der Waals surface area contributed by atoms with Gasteiger partial charge in [-0.15, -0.1) is 0 Å². The molecular weight excluding hydrogens is 147 g/mol. The monoisotopic (exact) mass is 146 g/mol. The van der Waals surface area contributed by atoms with Crippen molar-refractivity contribution in [3.05, 3.63) is 0 Å². The molecule has 30 valence electrons. The van der Waals surface area contributed by atoms with Gasteiger partial charge in [0.15, 0.2) is 0 Å². The van der Waals surface area contributed by atoms with Crippen LogP contribution >= 0.6 is 27.5 Å². The van der Waals surface area contributed by atoms with Gasteiger partial charge in [0.1, 0.15) is 0 Å². The molecule has 0 aromatic carbocycles. The summed E-state index contributed by atoms with van der Waals surface area (Å²) in [4.78, 5) is 0. The molecule has 5 heteroatoms. The minimum Gasteiger partial charge on any atom is -0.431 e. The van der Waals surface area contributed by atoms with Crippen molar-refractivity contribution in [1.29, 1.82) is 0 Å². The Bertz CT molecular complexity index is 44.9. The van der Waals surface area contributed by atoms with E-state index < -0.39 is 6.20 Å². The average Bonchev–Trinajstić information content (AvgIpc) is 1.38. The Labute approximate surface area is 44.7 Å².